The van der Waals surface area contributed by atoms with Crippen molar-refractivity contribution in [3.05, 3.63) is 0 Å². The summed E-state index contributed by atoms with van der Waals surface area (Å²) in [5, 5.41) is 0. The van der Waals surface area contributed by atoms with Crippen molar-refractivity contribution in [1.82, 2.24) is 0 Å². The van der Waals surface area contributed by atoms with Crippen LogP contribution in [0.2, 0.25) is 0 Å². The Kier molecular flexibility index (Phi) is 6.31. The molecule has 0 amide bonds. The van der Waals surface area contributed by atoms with E-state index in [0.29, 0.717) is 6.61 Å². The van der Waals surface area contributed by atoms with E-state index in [1.165, 1.54) is 0 Å². The SMILES string of the molecule is CC1(C)CCC(CS(=O)[O-])OC1.[Na+]. The van der Waals surface area contributed by atoms with Crippen LogP contribution in [0.1, 0.15) is 26.7 Å². The molecule has 5 heteroatoms. The van der Waals surface area contributed by atoms with Crippen molar-refractivity contribution < 1.29 is 43.1 Å². The Balaban J connectivity index is 0.00000144. The predicted molar refractivity (Wildman–Crippen MR) is 46.5 cm³/mol. The van der Waals surface area contributed by atoms with E-state index >= 15 is 0 Å². The van der Waals surface area contributed by atoms with Gasteiger partial charge in [0.15, 0.2) is 0 Å². The molecule has 1 fully saturated rings. The van der Waals surface area contributed by atoms with E-state index in [1.807, 2.05) is 0 Å². The second-order valence-corrected chi connectivity index (χ2v) is 5.05. The molecule has 1 aliphatic rings. The van der Waals surface area contributed by atoms with E-state index in [1.54, 1.807) is 0 Å². The predicted octanol–water partition coefficient (Wildman–Crippen LogP) is -1.93. The summed E-state index contributed by atoms with van der Waals surface area (Å²) >= 11 is -1.96. The van der Waals surface area contributed by atoms with Gasteiger partial charge in [0.1, 0.15) is 0 Å². The van der Waals surface area contributed by atoms with Crippen molar-refractivity contribution in [2.24, 2.45) is 5.41 Å². The fourth-order valence-electron chi connectivity index (χ4n) is 1.33. The number of hydrogen-bond donors (Lipinski definition) is 0. The summed E-state index contributed by atoms with van der Waals surface area (Å²) < 4.78 is 26.1. The normalized spacial score (nSPS) is 29.0. The second-order valence-electron chi connectivity index (χ2n) is 4.11. The molecule has 0 aromatic carbocycles. The van der Waals surface area contributed by atoms with Crippen LogP contribution in [-0.2, 0) is 15.8 Å². The number of hydrogen-bond acceptors (Lipinski definition) is 3. The van der Waals surface area contributed by atoms with E-state index in [9.17, 15) is 8.76 Å². The molecule has 0 N–H and O–H groups in total. The molecule has 0 bridgehead atoms. The average Bonchev–Trinajstić information content (AvgIpc) is 1.93. The maximum Gasteiger partial charge on any atom is 1.00 e. The molecule has 72 valence electrons. The van der Waals surface area contributed by atoms with Crippen LogP contribution in [-0.4, -0.2) is 27.2 Å². The van der Waals surface area contributed by atoms with Crippen molar-refractivity contribution in [2.45, 2.75) is 32.8 Å². The molecule has 1 heterocycles. The van der Waals surface area contributed by atoms with Gasteiger partial charge in [-0.15, -0.1) is 0 Å². The van der Waals surface area contributed by atoms with Crippen LogP contribution < -0.4 is 29.6 Å². The van der Waals surface area contributed by atoms with Gasteiger partial charge in [-0.2, -0.15) is 0 Å². The zero-order valence-corrected chi connectivity index (χ0v) is 11.4. The average molecular weight is 214 g/mol. The van der Waals surface area contributed by atoms with Gasteiger partial charge in [-0.3, -0.25) is 4.21 Å². The Morgan fingerprint density at radius 1 is 1.62 bits per heavy atom. The zero-order chi connectivity index (χ0) is 9.19. The van der Waals surface area contributed by atoms with Crippen molar-refractivity contribution in [3.63, 3.8) is 0 Å². The van der Waals surface area contributed by atoms with Gasteiger partial charge in [0.2, 0.25) is 0 Å². The van der Waals surface area contributed by atoms with Crippen molar-refractivity contribution in [1.29, 1.82) is 0 Å². The summed E-state index contributed by atoms with van der Waals surface area (Å²) in [4.78, 5) is 0. The van der Waals surface area contributed by atoms with Gasteiger partial charge in [0.25, 0.3) is 0 Å². The molecule has 0 aliphatic carbocycles. The van der Waals surface area contributed by atoms with Gasteiger partial charge < -0.3 is 9.29 Å². The number of ether oxygens (including phenoxy) is 1. The van der Waals surface area contributed by atoms with Gasteiger partial charge in [-0.1, -0.05) is 24.9 Å². The van der Waals surface area contributed by atoms with Crippen LogP contribution in [0.15, 0.2) is 0 Å². The maximum atomic E-state index is 10.3. The maximum absolute atomic E-state index is 10.3. The van der Waals surface area contributed by atoms with Crippen LogP contribution in [0.5, 0.6) is 0 Å². The van der Waals surface area contributed by atoms with Crippen LogP contribution >= 0.6 is 0 Å². The van der Waals surface area contributed by atoms with E-state index in [-0.39, 0.29) is 46.8 Å². The first-order valence-electron chi connectivity index (χ1n) is 4.17. The topological polar surface area (TPSA) is 49.4 Å². The molecule has 13 heavy (non-hydrogen) atoms. The minimum atomic E-state index is -1.96. The molecular formula is C8H15NaO3S. The zero-order valence-electron chi connectivity index (χ0n) is 8.54. The fraction of sp³-hybridized carbons (Fsp3) is 1.00. The molecule has 1 rings (SSSR count). The van der Waals surface area contributed by atoms with Crippen LogP contribution in [0.4, 0.5) is 0 Å². The van der Waals surface area contributed by atoms with Crippen LogP contribution in [0.25, 0.3) is 0 Å². The summed E-state index contributed by atoms with van der Waals surface area (Å²) in [6, 6.07) is 0. The quantitative estimate of drug-likeness (QED) is 0.397. The van der Waals surface area contributed by atoms with E-state index in [4.69, 9.17) is 4.74 Å². The molecule has 1 aliphatic heterocycles. The fourth-order valence-corrected chi connectivity index (χ4v) is 1.90. The van der Waals surface area contributed by atoms with Gasteiger partial charge >= 0.3 is 29.6 Å². The van der Waals surface area contributed by atoms with Crippen molar-refractivity contribution >= 4 is 11.1 Å². The Morgan fingerprint density at radius 3 is 2.62 bits per heavy atom. The molecule has 0 aromatic rings. The standard InChI is InChI=1S/C8H16O3S.Na/c1-8(2)4-3-7(11-6-8)5-12(9)10;/h7H,3-6H2,1-2H3,(H,9,10);/q;+1/p-1. The molecule has 3 nitrogen and oxygen atoms in total. The van der Waals surface area contributed by atoms with Gasteiger partial charge in [-0.05, 0) is 18.3 Å². The second kappa shape index (κ2) is 5.83. The largest absolute Gasteiger partial charge is 1.00 e. The van der Waals surface area contributed by atoms with Gasteiger partial charge in [0, 0.05) is 5.75 Å². The monoisotopic (exact) mass is 214 g/mol. The van der Waals surface area contributed by atoms with Crippen LogP contribution in [0, 0.1) is 5.41 Å². The smallest absolute Gasteiger partial charge is 0.772 e. The summed E-state index contributed by atoms with van der Waals surface area (Å²) in [6.45, 7) is 4.95. The Labute approximate surface area is 104 Å². The molecule has 0 saturated carbocycles. The van der Waals surface area contributed by atoms with Crippen LogP contribution in [0.3, 0.4) is 0 Å². The first kappa shape index (κ1) is 14.1. The summed E-state index contributed by atoms with van der Waals surface area (Å²) in [7, 11) is 0. The molecule has 0 aromatic heterocycles. The molecule has 2 unspecified atom stereocenters. The molecular weight excluding hydrogens is 199 g/mol. The third-order valence-electron chi connectivity index (χ3n) is 2.17. The van der Waals surface area contributed by atoms with Gasteiger partial charge in [-0.25, -0.2) is 0 Å². The minimum absolute atomic E-state index is 0. The third kappa shape index (κ3) is 5.50. The first-order chi connectivity index (χ1) is 5.49. The first-order valence-corrected chi connectivity index (χ1v) is 5.41. The molecule has 0 radical (unpaired) electrons. The Hall–Kier alpha value is 1.07. The minimum Gasteiger partial charge on any atom is -0.772 e. The van der Waals surface area contributed by atoms with E-state index in [2.05, 4.69) is 13.8 Å². The molecule has 0 spiro atoms. The summed E-state index contributed by atoms with van der Waals surface area (Å²) in [5.41, 5.74) is 0.223. The van der Waals surface area contributed by atoms with E-state index < -0.39 is 11.1 Å². The Morgan fingerprint density at radius 2 is 2.23 bits per heavy atom. The van der Waals surface area contributed by atoms with Gasteiger partial charge in [0.05, 0.1) is 12.7 Å². The summed E-state index contributed by atoms with van der Waals surface area (Å²) in [5.74, 6) is 0.149. The molecule has 2 atom stereocenters. The van der Waals surface area contributed by atoms with Crippen molar-refractivity contribution in [2.75, 3.05) is 12.4 Å². The number of rotatable bonds is 2. The Bertz CT molecular complexity index is 174. The molecule has 1 saturated heterocycles. The third-order valence-corrected chi connectivity index (χ3v) is 2.82. The van der Waals surface area contributed by atoms with Crippen molar-refractivity contribution in [3.8, 4) is 0 Å². The van der Waals surface area contributed by atoms with E-state index in [0.717, 1.165) is 12.8 Å². The summed E-state index contributed by atoms with van der Waals surface area (Å²) in [6.07, 6.45) is 1.84.